The highest BCUT2D eigenvalue weighted by atomic mass is 16.2. The summed E-state index contributed by atoms with van der Waals surface area (Å²) in [6.07, 6.45) is 3.72. The van der Waals surface area contributed by atoms with Crippen molar-refractivity contribution in [3.63, 3.8) is 0 Å². The lowest BCUT2D eigenvalue weighted by Crippen LogP contribution is -2.40. The van der Waals surface area contributed by atoms with Gasteiger partial charge in [-0.05, 0) is 61.7 Å². The minimum atomic E-state index is 0.0677. The van der Waals surface area contributed by atoms with E-state index in [-0.39, 0.29) is 5.91 Å². The van der Waals surface area contributed by atoms with E-state index in [4.69, 9.17) is 16.1 Å². The lowest BCUT2D eigenvalue weighted by atomic mass is 9.96. The zero-order chi connectivity index (χ0) is 22.8. The van der Waals surface area contributed by atoms with Crippen LogP contribution >= 0.6 is 0 Å². The molecule has 1 amide bonds. The SMILES string of the molecule is N#Cc1ccc(-c2cnc3ccc(-c4ccc(C(=O)N5CCC(CN)CC5)cc4)nn23)cc1. The molecule has 3 heterocycles. The summed E-state index contributed by atoms with van der Waals surface area (Å²) in [5, 5.41) is 13.8. The van der Waals surface area contributed by atoms with Crippen molar-refractivity contribution in [1.82, 2.24) is 19.5 Å². The van der Waals surface area contributed by atoms with Crippen LogP contribution in [-0.4, -0.2) is 45.0 Å². The Kier molecular flexibility index (Phi) is 5.59. The highest BCUT2D eigenvalue weighted by molar-refractivity contribution is 5.94. The van der Waals surface area contributed by atoms with Gasteiger partial charge in [0.25, 0.3) is 5.91 Å². The molecule has 7 heteroatoms. The predicted octanol–water partition coefficient (Wildman–Crippen LogP) is 3.75. The molecule has 2 aromatic carbocycles. The van der Waals surface area contributed by atoms with E-state index < -0.39 is 0 Å². The number of imidazole rings is 1. The molecule has 0 unspecified atom stereocenters. The largest absolute Gasteiger partial charge is 0.339 e. The number of hydrogen-bond acceptors (Lipinski definition) is 5. The Labute approximate surface area is 192 Å². The van der Waals surface area contributed by atoms with Gasteiger partial charge in [-0.3, -0.25) is 4.79 Å². The van der Waals surface area contributed by atoms with E-state index in [1.807, 2.05) is 53.4 Å². The van der Waals surface area contributed by atoms with Crippen LogP contribution in [0.15, 0.2) is 66.9 Å². The van der Waals surface area contributed by atoms with Crippen LogP contribution < -0.4 is 5.73 Å². The van der Waals surface area contributed by atoms with Gasteiger partial charge < -0.3 is 10.6 Å². The Bertz CT molecular complexity index is 1330. The second kappa shape index (κ2) is 8.85. The number of rotatable bonds is 4. The van der Waals surface area contributed by atoms with Crippen LogP contribution in [0.1, 0.15) is 28.8 Å². The molecule has 1 aliphatic heterocycles. The van der Waals surface area contributed by atoms with Crippen molar-refractivity contribution in [1.29, 1.82) is 5.26 Å². The summed E-state index contributed by atoms with van der Waals surface area (Å²) in [5.41, 5.74) is 11.3. The number of fused-ring (bicyclic) bond motifs is 1. The Morgan fingerprint density at radius 2 is 1.70 bits per heavy atom. The zero-order valence-electron chi connectivity index (χ0n) is 18.2. The fourth-order valence-electron chi connectivity index (χ4n) is 4.28. The molecule has 2 N–H and O–H groups in total. The number of hydrogen-bond donors (Lipinski definition) is 1. The molecule has 1 fully saturated rings. The molecule has 0 atom stereocenters. The number of benzene rings is 2. The van der Waals surface area contributed by atoms with Crippen LogP contribution in [0.5, 0.6) is 0 Å². The van der Waals surface area contributed by atoms with E-state index in [1.54, 1.807) is 22.8 Å². The van der Waals surface area contributed by atoms with Crippen LogP contribution in [0.25, 0.3) is 28.2 Å². The summed E-state index contributed by atoms with van der Waals surface area (Å²) in [6, 6.07) is 21.0. The Morgan fingerprint density at radius 3 is 2.36 bits per heavy atom. The van der Waals surface area contributed by atoms with Gasteiger partial charge in [0, 0.05) is 29.8 Å². The van der Waals surface area contributed by atoms with E-state index in [2.05, 4.69) is 11.1 Å². The van der Waals surface area contributed by atoms with Crippen molar-refractivity contribution in [2.75, 3.05) is 19.6 Å². The minimum absolute atomic E-state index is 0.0677. The molecule has 33 heavy (non-hydrogen) atoms. The lowest BCUT2D eigenvalue weighted by molar-refractivity contribution is 0.0693. The first-order chi connectivity index (χ1) is 16.2. The maximum Gasteiger partial charge on any atom is 0.253 e. The van der Waals surface area contributed by atoms with Crippen molar-refractivity contribution < 1.29 is 4.79 Å². The normalized spacial score (nSPS) is 14.4. The standard InChI is InChI=1S/C26H24N6O/c27-15-18-1-3-21(4-2-18)24-17-29-25-10-9-23(30-32(24)25)20-5-7-22(8-6-20)26(33)31-13-11-19(16-28)12-14-31/h1-10,17,19H,11-14,16,28H2. The second-order valence-electron chi connectivity index (χ2n) is 8.37. The molecule has 1 saturated heterocycles. The van der Waals surface area contributed by atoms with Crippen LogP contribution in [-0.2, 0) is 0 Å². The second-order valence-corrected chi connectivity index (χ2v) is 8.37. The molecular formula is C26H24N6O. The summed E-state index contributed by atoms with van der Waals surface area (Å²) in [6.45, 7) is 2.22. The number of amides is 1. The smallest absolute Gasteiger partial charge is 0.253 e. The Balaban J connectivity index is 1.39. The van der Waals surface area contributed by atoms with Crippen molar-refractivity contribution >= 4 is 11.6 Å². The van der Waals surface area contributed by atoms with Gasteiger partial charge in [0.15, 0.2) is 5.65 Å². The molecule has 4 aromatic rings. The number of likely N-dealkylation sites (tertiary alicyclic amines) is 1. The number of nitrogens with two attached hydrogens (primary N) is 1. The first kappa shape index (κ1) is 20.9. The summed E-state index contributed by atoms with van der Waals surface area (Å²) >= 11 is 0. The van der Waals surface area contributed by atoms with Crippen molar-refractivity contribution in [3.8, 4) is 28.6 Å². The quantitative estimate of drug-likeness (QED) is 0.525. The van der Waals surface area contributed by atoms with Crippen molar-refractivity contribution in [2.45, 2.75) is 12.8 Å². The molecule has 0 aliphatic carbocycles. The molecule has 0 spiro atoms. The van der Waals surface area contributed by atoms with Gasteiger partial charge in [-0.1, -0.05) is 24.3 Å². The van der Waals surface area contributed by atoms with Gasteiger partial charge >= 0.3 is 0 Å². The van der Waals surface area contributed by atoms with E-state index in [1.165, 1.54) is 0 Å². The summed E-state index contributed by atoms with van der Waals surface area (Å²) in [7, 11) is 0. The molecule has 2 aromatic heterocycles. The number of carbonyl (C=O) groups excluding carboxylic acids is 1. The van der Waals surface area contributed by atoms with Gasteiger partial charge in [0.2, 0.25) is 0 Å². The lowest BCUT2D eigenvalue weighted by Gasteiger charge is -2.31. The third-order valence-electron chi connectivity index (χ3n) is 6.33. The van der Waals surface area contributed by atoms with E-state index >= 15 is 0 Å². The van der Waals surface area contributed by atoms with Crippen molar-refractivity contribution in [3.05, 3.63) is 78.0 Å². The predicted molar refractivity (Wildman–Crippen MR) is 126 cm³/mol. The Morgan fingerprint density at radius 1 is 1.00 bits per heavy atom. The molecule has 164 valence electrons. The van der Waals surface area contributed by atoms with Gasteiger partial charge in [-0.2, -0.15) is 10.4 Å². The summed E-state index contributed by atoms with van der Waals surface area (Å²) in [5.74, 6) is 0.591. The van der Waals surface area contributed by atoms with Crippen LogP contribution in [0.2, 0.25) is 0 Å². The monoisotopic (exact) mass is 436 g/mol. The maximum absolute atomic E-state index is 12.9. The van der Waals surface area contributed by atoms with Crippen LogP contribution in [0, 0.1) is 17.2 Å². The zero-order valence-corrected chi connectivity index (χ0v) is 18.2. The maximum atomic E-state index is 12.9. The Hall–Kier alpha value is -4.02. The molecular weight excluding hydrogens is 412 g/mol. The fraction of sp³-hybridized carbons (Fsp3) is 0.231. The average molecular weight is 437 g/mol. The molecule has 5 rings (SSSR count). The minimum Gasteiger partial charge on any atom is -0.339 e. The first-order valence-corrected chi connectivity index (χ1v) is 11.1. The van der Waals surface area contributed by atoms with Gasteiger partial charge in [-0.25, -0.2) is 9.50 Å². The number of piperidine rings is 1. The highest BCUT2D eigenvalue weighted by Crippen LogP contribution is 2.24. The van der Waals surface area contributed by atoms with Crippen molar-refractivity contribution in [2.24, 2.45) is 11.7 Å². The number of carbonyl (C=O) groups is 1. The first-order valence-electron chi connectivity index (χ1n) is 11.1. The van der Waals surface area contributed by atoms with E-state index in [0.717, 1.165) is 54.1 Å². The van der Waals surface area contributed by atoms with Gasteiger partial charge in [0.1, 0.15) is 0 Å². The third-order valence-corrected chi connectivity index (χ3v) is 6.33. The van der Waals surface area contributed by atoms with E-state index in [0.29, 0.717) is 23.6 Å². The number of nitriles is 1. The summed E-state index contributed by atoms with van der Waals surface area (Å²) < 4.78 is 1.80. The average Bonchev–Trinajstić information content (AvgIpc) is 3.32. The third kappa shape index (κ3) is 4.09. The topological polar surface area (TPSA) is 100 Å². The van der Waals surface area contributed by atoms with Crippen LogP contribution in [0.3, 0.4) is 0 Å². The fourth-order valence-corrected chi connectivity index (χ4v) is 4.28. The van der Waals surface area contributed by atoms with Gasteiger partial charge in [-0.15, -0.1) is 0 Å². The van der Waals surface area contributed by atoms with Crippen LogP contribution in [0.4, 0.5) is 0 Å². The molecule has 7 nitrogen and oxygen atoms in total. The highest BCUT2D eigenvalue weighted by Gasteiger charge is 2.22. The molecule has 0 bridgehead atoms. The number of aromatic nitrogens is 3. The van der Waals surface area contributed by atoms with E-state index in [9.17, 15) is 4.79 Å². The van der Waals surface area contributed by atoms with Gasteiger partial charge in [0.05, 0.1) is 29.2 Å². The molecule has 0 radical (unpaired) electrons. The molecule has 0 saturated carbocycles. The molecule has 1 aliphatic rings. The number of nitrogens with zero attached hydrogens (tertiary/aromatic N) is 5. The summed E-state index contributed by atoms with van der Waals surface area (Å²) in [4.78, 5) is 19.2.